The van der Waals surface area contributed by atoms with Crippen LogP contribution in [0.3, 0.4) is 0 Å². The fourth-order valence-electron chi connectivity index (χ4n) is 1.99. The molecule has 1 aromatic carbocycles. The van der Waals surface area contributed by atoms with E-state index in [4.69, 9.17) is 9.84 Å². The Labute approximate surface area is 127 Å². The zero-order valence-electron chi connectivity index (χ0n) is 10.9. The highest BCUT2D eigenvalue weighted by atomic mass is 79.9. The van der Waals surface area contributed by atoms with E-state index in [1.165, 1.54) is 8.61 Å². The molecule has 0 aliphatic carbocycles. The quantitative estimate of drug-likeness (QED) is 0.839. The fourth-order valence-corrected chi connectivity index (χ4v) is 3.85. The molecule has 20 heavy (non-hydrogen) atoms. The normalized spacial score (nSPS) is 17.1. The van der Waals surface area contributed by atoms with Crippen molar-refractivity contribution in [1.29, 1.82) is 0 Å². The number of aliphatic hydroxyl groups is 1. The summed E-state index contributed by atoms with van der Waals surface area (Å²) in [7, 11) is -3.64. The van der Waals surface area contributed by atoms with Crippen molar-refractivity contribution >= 4 is 31.8 Å². The molecule has 8 heteroatoms. The third-order valence-electron chi connectivity index (χ3n) is 2.99. The molecule has 0 aromatic heterocycles. The highest BCUT2D eigenvalue weighted by molar-refractivity contribution is 9.10. The van der Waals surface area contributed by atoms with E-state index < -0.39 is 10.2 Å². The number of hydrogen-bond acceptors (Lipinski definition) is 4. The zero-order valence-corrected chi connectivity index (χ0v) is 13.3. The first kappa shape index (κ1) is 15.7. The van der Waals surface area contributed by atoms with Crippen molar-refractivity contribution in [3.8, 4) is 0 Å². The lowest BCUT2D eigenvalue weighted by Crippen LogP contribution is -2.49. The minimum atomic E-state index is -3.64. The van der Waals surface area contributed by atoms with E-state index in [-0.39, 0.29) is 13.2 Å². The fraction of sp³-hybridized carbons (Fsp3) is 0.500. The lowest BCUT2D eigenvalue weighted by atomic mass is 10.3. The Morgan fingerprint density at radius 3 is 2.40 bits per heavy atom. The van der Waals surface area contributed by atoms with Gasteiger partial charge in [-0.2, -0.15) is 12.7 Å². The summed E-state index contributed by atoms with van der Waals surface area (Å²) in [5.41, 5.74) is 0.536. The monoisotopic (exact) mass is 364 g/mol. The Morgan fingerprint density at radius 2 is 1.85 bits per heavy atom. The van der Waals surface area contributed by atoms with E-state index in [2.05, 4.69) is 15.9 Å². The van der Waals surface area contributed by atoms with Gasteiger partial charge in [-0.25, -0.2) is 0 Å². The molecule has 2 rings (SSSR count). The highest BCUT2D eigenvalue weighted by Crippen LogP contribution is 2.23. The SMILES string of the molecule is O=S(=O)(N1CCOCC1)N(CCO)c1ccc(Br)cc1. The first-order valence-corrected chi connectivity index (χ1v) is 8.46. The molecule has 1 aromatic rings. The standard InChI is InChI=1S/C12H17BrN2O4S/c13-11-1-3-12(4-2-11)15(5-8-16)20(17,18)14-6-9-19-10-7-14/h1-4,16H,5-10H2. The number of hydrogen-bond donors (Lipinski definition) is 1. The number of ether oxygens (including phenoxy) is 1. The summed E-state index contributed by atoms with van der Waals surface area (Å²) in [6, 6.07) is 6.96. The van der Waals surface area contributed by atoms with Crippen LogP contribution in [-0.2, 0) is 14.9 Å². The van der Waals surface area contributed by atoms with Gasteiger partial charge in [0.1, 0.15) is 0 Å². The van der Waals surface area contributed by atoms with Gasteiger partial charge in [0.25, 0.3) is 0 Å². The van der Waals surface area contributed by atoms with Crippen LogP contribution >= 0.6 is 15.9 Å². The van der Waals surface area contributed by atoms with Crippen LogP contribution in [-0.4, -0.2) is 57.3 Å². The number of halogens is 1. The molecule has 112 valence electrons. The third-order valence-corrected chi connectivity index (χ3v) is 5.49. The Bertz CT molecular complexity index is 529. The van der Waals surface area contributed by atoms with Crippen LogP contribution in [0.4, 0.5) is 5.69 Å². The Hall–Kier alpha value is -0.670. The van der Waals surface area contributed by atoms with Gasteiger partial charge in [-0.05, 0) is 24.3 Å². The number of rotatable bonds is 5. The highest BCUT2D eigenvalue weighted by Gasteiger charge is 2.30. The summed E-state index contributed by atoms with van der Waals surface area (Å²) >= 11 is 3.32. The summed E-state index contributed by atoms with van der Waals surface area (Å²) in [6.45, 7) is 1.25. The molecule has 1 aliphatic heterocycles. The van der Waals surface area contributed by atoms with Gasteiger partial charge < -0.3 is 9.84 Å². The van der Waals surface area contributed by atoms with Crippen LogP contribution in [0, 0.1) is 0 Å². The van der Waals surface area contributed by atoms with Gasteiger partial charge in [0.05, 0.1) is 32.1 Å². The molecule has 6 nitrogen and oxygen atoms in total. The molecule has 1 fully saturated rings. The maximum Gasteiger partial charge on any atom is 0.304 e. The molecule has 0 saturated carbocycles. The molecule has 0 spiro atoms. The Morgan fingerprint density at radius 1 is 1.25 bits per heavy atom. The van der Waals surface area contributed by atoms with E-state index in [0.29, 0.717) is 32.0 Å². The first-order valence-electron chi connectivity index (χ1n) is 6.27. The van der Waals surface area contributed by atoms with E-state index >= 15 is 0 Å². The van der Waals surface area contributed by atoms with E-state index in [9.17, 15) is 8.42 Å². The molecule has 0 bridgehead atoms. The predicted octanol–water partition coefficient (Wildman–Crippen LogP) is 0.825. The van der Waals surface area contributed by atoms with Crippen LogP contribution in [0.1, 0.15) is 0 Å². The van der Waals surface area contributed by atoms with Gasteiger partial charge >= 0.3 is 10.2 Å². The largest absolute Gasteiger partial charge is 0.394 e. The van der Waals surface area contributed by atoms with Crippen molar-refractivity contribution in [3.05, 3.63) is 28.7 Å². The Kier molecular flexibility index (Phi) is 5.39. The van der Waals surface area contributed by atoms with Crippen molar-refractivity contribution in [2.75, 3.05) is 43.8 Å². The molecule has 0 radical (unpaired) electrons. The van der Waals surface area contributed by atoms with Crippen molar-refractivity contribution < 1.29 is 18.3 Å². The minimum Gasteiger partial charge on any atom is -0.394 e. The summed E-state index contributed by atoms with van der Waals surface area (Å²) in [5.74, 6) is 0. The van der Waals surface area contributed by atoms with Crippen molar-refractivity contribution in [1.82, 2.24) is 4.31 Å². The molecule has 1 saturated heterocycles. The number of aliphatic hydroxyl groups excluding tert-OH is 1. The van der Waals surface area contributed by atoms with E-state index in [0.717, 1.165) is 4.47 Å². The molecular formula is C12H17BrN2O4S. The summed E-state index contributed by atoms with van der Waals surface area (Å²) < 4.78 is 33.9. The van der Waals surface area contributed by atoms with Crippen LogP contribution < -0.4 is 4.31 Å². The average Bonchev–Trinajstić information content (AvgIpc) is 2.47. The van der Waals surface area contributed by atoms with E-state index in [1.807, 2.05) is 0 Å². The van der Waals surface area contributed by atoms with Gasteiger partial charge in [0.2, 0.25) is 0 Å². The van der Waals surface area contributed by atoms with Crippen molar-refractivity contribution in [2.24, 2.45) is 0 Å². The molecule has 1 aliphatic rings. The maximum atomic E-state index is 12.6. The van der Waals surface area contributed by atoms with Crippen molar-refractivity contribution in [3.63, 3.8) is 0 Å². The molecule has 0 amide bonds. The Balaban J connectivity index is 2.28. The van der Waals surface area contributed by atoms with Gasteiger partial charge in [0, 0.05) is 17.6 Å². The van der Waals surface area contributed by atoms with Gasteiger partial charge in [-0.3, -0.25) is 4.31 Å². The van der Waals surface area contributed by atoms with Crippen LogP contribution in [0.5, 0.6) is 0 Å². The lowest BCUT2D eigenvalue weighted by Gasteiger charge is -2.33. The topological polar surface area (TPSA) is 70.1 Å². The summed E-state index contributed by atoms with van der Waals surface area (Å²) in [5, 5.41) is 9.16. The molecule has 1 heterocycles. The van der Waals surface area contributed by atoms with Gasteiger partial charge in [-0.15, -0.1) is 0 Å². The second kappa shape index (κ2) is 6.86. The second-order valence-electron chi connectivity index (χ2n) is 4.29. The average molecular weight is 365 g/mol. The van der Waals surface area contributed by atoms with Gasteiger partial charge in [-0.1, -0.05) is 15.9 Å². The summed E-state index contributed by atoms with van der Waals surface area (Å²) in [4.78, 5) is 0. The first-order chi connectivity index (χ1) is 9.55. The maximum absolute atomic E-state index is 12.6. The van der Waals surface area contributed by atoms with Crippen LogP contribution in [0.2, 0.25) is 0 Å². The van der Waals surface area contributed by atoms with Crippen molar-refractivity contribution in [2.45, 2.75) is 0 Å². The zero-order chi connectivity index (χ0) is 14.6. The predicted molar refractivity (Wildman–Crippen MR) is 79.9 cm³/mol. The minimum absolute atomic E-state index is 0.0291. The lowest BCUT2D eigenvalue weighted by molar-refractivity contribution is 0.0728. The number of nitrogens with zero attached hydrogens (tertiary/aromatic N) is 2. The third kappa shape index (κ3) is 3.50. The smallest absolute Gasteiger partial charge is 0.304 e. The summed E-state index contributed by atoms with van der Waals surface area (Å²) in [6.07, 6.45) is 0. The number of morpholine rings is 1. The molecule has 0 atom stereocenters. The van der Waals surface area contributed by atoms with Gasteiger partial charge in [0.15, 0.2) is 0 Å². The van der Waals surface area contributed by atoms with Crippen LogP contribution in [0.25, 0.3) is 0 Å². The van der Waals surface area contributed by atoms with Crippen LogP contribution in [0.15, 0.2) is 28.7 Å². The molecule has 1 N–H and O–H groups in total. The molecule has 0 unspecified atom stereocenters. The number of anilines is 1. The molecular weight excluding hydrogens is 348 g/mol. The second-order valence-corrected chi connectivity index (χ2v) is 7.06. The number of benzene rings is 1. The van der Waals surface area contributed by atoms with E-state index in [1.54, 1.807) is 24.3 Å².